The van der Waals surface area contributed by atoms with Gasteiger partial charge in [0.05, 0.1) is 6.54 Å². The average Bonchev–Trinajstić information content (AvgIpc) is 2.73. The van der Waals surface area contributed by atoms with Gasteiger partial charge in [-0.25, -0.2) is 4.98 Å². The van der Waals surface area contributed by atoms with Crippen LogP contribution in [0.15, 0.2) is 53.1 Å². The van der Waals surface area contributed by atoms with Gasteiger partial charge in [-0.2, -0.15) is 0 Å². The lowest BCUT2D eigenvalue weighted by molar-refractivity contribution is -0.122. The highest BCUT2D eigenvalue weighted by Crippen LogP contribution is 2.16. The molecule has 1 saturated heterocycles. The Bertz CT molecular complexity index is 732. The minimum atomic E-state index is 0.109. The molecule has 2 aromatic rings. The summed E-state index contributed by atoms with van der Waals surface area (Å²) in [4.78, 5) is 23.4. The molecule has 1 aliphatic rings. The molecular weight excluding hydrogens is 418 g/mol. The largest absolute Gasteiger partial charge is 0.375 e. The molecule has 0 saturated carbocycles. The predicted molar refractivity (Wildman–Crippen MR) is 118 cm³/mol. The summed E-state index contributed by atoms with van der Waals surface area (Å²) < 4.78 is 0.988. The van der Waals surface area contributed by atoms with Crippen molar-refractivity contribution in [3.63, 3.8) is 0 Å². The third kappa shape index (κ3) is 6.21. The number of nitrogens with zero attached hydrogens (tertiary/aromatic N) is 4. The number of carbonyl (C=O) groups is 1. The van der Waals surface area contributed by atoms with E-state index in [1.165, 1.54) is 5.69 Å². The van der Waals surface area contributed by atoms with Crippen LogP contribution in [0.3, 0.4) is 0 Å². The second-order valence-corrected chi connectivity index (χ2v) is 7.97. The van der Waals surface area contributed by atoms with Crippen LogP contribution in [0.4, 0.5) is 11.5 Å². The predicted octanol–water partition coefficient (Wildman–Crippen LogP) is 2.61. The zero-order valence-electron chi connectivity index (χ0n) is 16.4. The van der Waals surface area contributed by atoms with Crippen LogP contribution in [0.5, 0.6) is 0 Å². The summed E-state index contributed by atoms with van der Waals surface area (Å²) in [6.07, 6.45) is 2.75. The first kappa shape index (κ1) is 20.6. The summed E-state index contributed by atoms with van der Waals surface area (Å²) in [6.45, 7) is 5.63. The summed E-state index contributed by atoms with van der Waals surface area (Å²) in [5.41, 5.74) is 1.20. The number of carbonyl (C=O) groups excluding carboxylic acids is 1. The van der Waals surface area contributed by atoms with E-state index in [9.17, 15) is 4.79 Å². The number of nitrogens with one attached hydrogen (secondary N) is 1. The number of halogens is 1. The van der Waals surface area contributed by atoms with Crippen molar-refractivity contribution in [1.29, 1.82) is 0 Å². The third-order valence-electron chi connectivity index (χ3n) is 4.96. The van der Waals surface area contributed by atoms with Gasteiger partial charge in [0.2, 0.25) is 5.91 Å². The molecule has 7 heteroatoms. The van der Waals surface area contributed by atoms with Crippen LogP contribution in [-0.4, -0.2) is 68.7 Å². The highest BCUT2D eigenvalue weighted by Gasteiger charge is 2.19. The smallest absolute Gasteiger partial charge is 0.234 e. The highest BCUT2D eigenvalue weighted by molar-refractivity contribution is 9.10. The van der Waals surface area contributed by atoms with Gasteiger partial charge in [0.1, 0.15) is 5.82 Å². The van der Waals surface area contributed by atoms with E-state index in [-0.39, 0.29) is 5.91 Å². The van der Waals surface area contributed by atoms with Crippen LogP contribution >= 0.6 is 15.9 Å². The molecule has 0 bridgehead atoms. The topological polar surface area (TPSA) is 51.7 Å². The van der Waals surface area contributed by atoms with E-state index in [0.29, 0.717) is 13.1 Å². The molecule has 1 N–H and O–H groups in total. The number of aromatic nitrogens is 1. The molecule has 6 nitrogen and oxygen atoms in total. The number of hydrogen-bond acceptors (Lipinski definition) is 5. The van der Waals surface area contributed by atoms with Crippen LogP contribution in [0.1, 0.15) is 6.42 Å². The van der Waals surface area contributed by atoms with Gasteiger partial charge in [-0.3, -0.25) is 9.69 Å². The molecule has 0 radical (unpaired) electrons. The number of piperazine rings is 1. The van der Waals surface area contributed by atoms with Gasteiger partial charge in [0, 0.05) is 62.7 Å². The highest BCUT2D eigenvalue weighted by atomic mass is 79.9. The molecule has 0 aliphatic carbocycles. The van der Waals surface area contributed by atoms with Crippen LogP contribution in [-0.2, 0) is 4.79 Å². The van der Waals surface area contributed by atoms with Gasteiger partial charge in [0.15, 0.2) is 0 Å². The van der Waals surface area contributed by atoms with Crippen molar-refractivity contribution in [2.45, 2.75) is 6.42 Å². The van der Waals surface area contributed by atoms with Crippen LogP contribution < -0.4 is 15.1 Å². The van der Waals surface area contributed by atoms with Gasteiger partial charge >= 0.3 is 0 Å². The van der Waals surface area contributed by atoms with Gasteiger partial charge in [-0.15, -0.1) is 0 Å². The fourth-order valence-corrected chi connectivity index (χ4v) is 3.54. The molecule has 3 rings (SSSR count). The SMILES string of the molecule is CN(CCCNC(=O)CN1CCN(c2ccc(Br)cn2)CC1)c1ccccc1. The number of pyridine rings is 1. The Morgan fingerprint density at radius 2 is 1.89 bits per heavy atom. The Morgan fingerprint density at radius 3 is 2.57 bits per heavy atom. The maximum Gasteiger partial charge on any atom is 0.234 e. The van der Waals surface area contributed by atoms with E-state index in [1.807, 2.05) is 36.5 Å². The molecule has 150 valence electrons. The van der Waals surface area contributed by atoms with Gasteiger partial charge in [0.25, 0.3) is 0 Å². The van der Waals surface area contributed by atoms with Crippen molar-refractivity contribution in [1.82, 2.24) is 15.2 Å². The van der Waals surface area contributed by atoms with Crippen molar-refractivity contribution in [2.75, 3.05) is 62.7 Å². The maximum absolute atomic E-state index is 12.2. The molecule has 2 heterocycles. The minimum Gasteiger partial charge on any atom is -0.375 e. The fraction of sp³-hybridized carbons (Fsp3) is 0.429. The number of hydrogen-bond donors (Lipinski definition) is 1. The lowest BCUT2D eigenvalue weighted by Gasteiger charge is -2.35. The van der Waals surface area contributed by atoms with Crippen LogP contribution in [0.25, 0.3) is 0 Å². The first-order valence-corrected chi connectivity index (χ1v) is 10.5. The van der Waals surface area contributed by atoms with Crippen molar-refractivity contribution < 1.29 is 4.79 Å². The molecular formula is C21H28BrN5O. The molecule has 0 unspecified atom stereocenters. The summed E-state index contributed by atoms with van der Waals surface area (Å²) in [5.74, 6) is 1.10. The summed E-state index contributed by atoms with van der Waals surface area (Å²) >= 11 is 3.42. The van der Waals surface area contributed by atoms with E-state index in [4.69, 9.17) is 0 Å². The molecule has 28 heavy (non-hydrogen) atoms. The fourth-order valence-electron chi connectivity index (χ4n) is 3.30. The van der Waals surface area contributed by atoms with E-state index < -0.39 is 0 Å². The number of para-hydroxylation sites is 1. The van der Waals surface area contributed by atoms with Crippen LogP contribution in [0, 0.1) is 0 Å². The first-order valence-electron chi connectivity index (χ1n) is 9.73. The van der Waals surface area contributed by atoms with Crippen molar-refractivity contribution >= 4 is 33.3 Å². The molecule has 0 spiro atoms. The first-order chi connectivity index (χ1) is 13.6. The lowest BCUT2D eigenvalue weighted by Crippen LogP contribution is -2.49. The van der Waals surface area contributed by atoms with E-state index >= 15 is 0 Å². The molecule has 1 fully saturated rings. The zero-order chi connectivity index (χ0) is 19.8. The number of benzene rings is 1. The van der Waals surface area contributed by atoms with Crippen molar-refractivity contribution in [2.24, 2.45) is 0 Å². The Kier molecular flexibility index (Phi) is 7.68. The monoisotopic (exact) mass is 445 g/mol. The summed E-state index contributed by atoms with van der Waals surface area (Å²) in [7, 11) is 2.08. The zero-order valence-corrected chi connectivity index (χ0v) is 17.9. The van der Waals surface area contributed by atoms with Gasteiger partial charge in [-0.1, -0.05) is 18.2 Å². The molecule has 1 aromatic heterocycles. The maximum atomic E-state index is 12.2. The Balaban J connectivity index is 1.31. The Hall–Kier alpha value is -2.12. The number of rotatable bonds is 8. The van der Waals surface area contributed by atoms with Crippen molar-refractivity contribution in [3.05, 3.63) is 53.1 Å². The molecule has 1 aromatic carbocycles. The normalized spacial score (nSPS) is 14.7. The third-order valence-corrected chi connectivity index (χ3v) is 5.43. The summed E-state index contributed by atoms with van der Waals surface area (Å²) in [5, 5.41) is 3.05. The quantitative estimate of drug-likeness (QED) is 0.632. The number of anilines is 2. The van der Waals surface area contributed by atoms with Crippen molar-refractivity contribution in [3.8, 4) is 0 Å². The van der Waals surface area contributed by atoms with E-state index in [0.717, 1.165) is 49.4 Å². The van der Waals surface area contributed by atoms with E-state index in [1.54, 1.807) is 0 Å². The Morgan fingerprint density at radius 1 is 1.14 bits per heavy atom. The Labute approximate surface area is 175 Å². The average molecular weight is 446 g/mol. The van der Waals surface area contributed by atoms with Gasteiger partial charge < -0.3 is 15.1 Å². The molecule has 0 atom stereocenters. The molecule has 1 amide bonds. The van der Waals surface area contributed by atoms with Crippen LogP contribution in [0.2, 0.25) is 0 Å². The van der Waals surface area contributed by atoms with Gasteiger partial charge in [-0.05, 0) is 46.6 Å². The summed E-state index contributed by atoms with van der Waals surface area (Å²) in [6, 6.07) is 14.3. The van der Waals surface area contributed by atoms with E-state index in [2.05, 4.69) is 60.1 Å². The second-order valence-electron chi connectivity index (χ2n) is 7.06. The lowest BCUT2D eigenvalue weighted by atomic mass is 10.3. The standard InChI is InChI=1S/C21H28BrN5O/c1-25(19-6-3-2-4-7-19)11-5-10-23-21(28)17-26-12-14-27(15-13-26)20-9-8-18(22)16-24-20/h2-4,6-9,16H,5,10-15,17H2,1H3,(H,23,28). The molecule has 1 aliphatic heterocycles. The second kappa shape index (κ2) is 10.4. The minimum absolute atomic E-state index is 0.109. The number of amides is 1.